The zero-order valence-electron chi connectivity index (χ0n) is 20.4. The Hall–Kier alpha value is -1.85. The molecule has 0 saturated carbocycles. The first-order valence-corrected chi connectivity index (χ1v) is 14.0. The molecule has 1 heterocycles. The number of allylic oxidation sites excluding steroid dienone is 1. The molecule has 37 heavy (non-hydrogen) atoms. The highest BCUT2D eigenvalue weighted by molar-refractivity contribution is 9.11. The van der Waals surface area contributed by atoms with E-state index in [1.807, 2.05) is 31.2 Å². The second kappa shape index (κ2) is 13.3. The Balaban J connectivity index is 0.000000289. The van der Waals surface area contributed by atoms with Crippen molar-refractivity contribution in [2.45, 2.75) is 19.1 Å². The maximum absolute atomic E-state index is 11.3. The molecule has 0 saturated heterocycles. The van der Waals surface area contributed by atoms with Gasteiger partial charge < -0.3 is 24.1 Å². The van der Waals surface area contributed by atoms with Crippen molar-refractivity contribution in [1.82, 2.24) is 0 Å². The number of aryl methyl sites for hydroxylation is 1. The third kappa shape index (κ3) is 6.78. The number of aliphatic hydroxyl groups excluding tert-OH is 1. The quantitative estimate of drug-likeness (QED) is 0.248. The fourth-order valence-electron chi connectivity index (χ4n) is 3.73. The molecule has 2 unspecified atom stereocenters. The molecular formula is C27H24Br4O6. The van der Waals surface area contributed by atoms with Gasteiger partial charge in [-0.2, -0.15) is 0 Å². The number of rotatable bonds is 7. The fraction of sp³-hybridized carbons (Fsp3) is 0.222. The van der Waals surface area contributed by atoms with Crippen LogP contribution >= 0.6 is 63.7 Å². The highest BCUT2D eigenvalue weighted by Crippen LogP contribution is 2.44. The third-order valence-electron chi connectivity index (χ3n) is 5.51. The van der Waals surface area contributed by atoms with E-state index in [-0.39, 0.29) is 5.76 Å². The number of methoxy groups -OCH3 is 3. The maximum atomic E-state index is 11.3. The van der Waals surface area contributed by atoms with E-state index >= 15 is 0 Å². The SMILES string of the molecule is COc1c(Br)cc(C)cc1Br.COc1ccc(C2=C(C=O)OC2C(O)c2cc(Br)c(OC)c(Br)c2)cc1. The molecule has 0 bridgehead atoms. The van der Waals surface area contributed by atoms with Crippen LogP contribution in [-0.4, -0.2) is 38.8 Å². The first-order valence-electron chi connectivity index (χ1n) is 10.9. The normalized spacial score (nSPS) is 15.0. The fourth-order valence-corrected chi connectivity index (χ4v) is 7.02. The molecule has 196 valence electrons. The lowest BCUT2D eigenvalue weighted by Gasteiger charge is -2.35. The van der Waals surface area contributed by atoms with Gasteiger partial charge in [-0.25, -0.2) is 0 Å². The van der Waals surface area contributed by atoms with Crippen LogP contribution in [0, 0.1) is 6.92 Å². The minimum atomic E-state index is -0.950. The van der Waals surface area contributed by atoms with E-state index in [1.165, 1.54) is 5.56 Å². The standard InChI is InChI=1S/C19H16Br2O5.C8H8Br2O/c1-24-12-5-3-10(4-6-12)16-15(9-22)26-19(16)17(23)11-7-13(20)18(25-2)14(21)8-11;1-5-3-6(9)8(11-2)7(10)4-5/h3-9,17,19,23H,1-2H3;3-4H,1-2H3. The summed E-state index contributed by atoms with van der Waals surface area (Å²) in [5.41, 5.74) is 3.29. The van der Waals surface area contributed by atoms with Gasteiger partial charge in [0.05, 0.1) is 39.2 Å². The van der Waals surface area contributed by atoms with Gasteiger partial charge in [-0.05, 0) is 124 Å². The molecule has 1 aliphatic heterocycles. The minimum Gasteiger partial charge on any atom is -0.497 e. The van der Waals surface area contributed by atoms with Gasteiger partial charge in [0.2, 0.25) is 0 Å². The van der Waals surface area contributed by atoms with Crippen molar-refractivity contribution >= 4 is 75.6 Å². The molecule has 0 amide bonds. The van der Waals surface area contributed by atoms with Gasteiger partial charge in [0, 0.05) is 5.57 Å². The smallest absolute Gasteiger partial charge is 0.185 e. The van der Waals surface area contributed by atoms with Gasteiger partial charge >= 0.3 is 0 Å². The number of benzene rings is 3. The average Bonchev–Trinajstić information content (AvgIpc) is 2.84. The van der Waals surface area contributed by atoms with Crippen LogP contribution in [0.2, 0.25) is 0 Å². The monoisotopic (exact) mass is 760 g/mol. The van der Waals surface area contributed by atoms with E-state index in [0.717, 1.165) is 20.3 Å². The Bertz CT molecular complexity index is 1260. The van der Waals surface area contributed by atoms with Crippen LogP contribution in [0.15, 0.2) is 72.2 Å². The molecule has 3 aromatic rings. The van der Waals surface area contributed by atoms with Gasteiger partial charge in [0.15, 0.2) is 18.1 Å². The Morgan fingerprint density at radius 1 is 0.838 bits per heavy atom. The molecule has 1 aliphatic rings. The van der Waals surface area contributed by atoms with Gasteiger partial charge in [-0.15, -0.1) is 0 Å². The van der Waals surface area contributed by atoms with Gasteiger partial charge in [0.25, 0.3) is 0 Å². The molecule has 0 aliphatic carbocycles. The summed E-state index contributed by atoms with van der Waals surface area (Å²) in [6, 6.07) is 14.8. The number of hydrogen-bond acceptors (Lipinski definition) is 6. The third-order valence-corrected chi connectivity index (χ3v) is 7.87. The van der Waals surface area contributed by atoms with E-state index in [1.54, 1.807) is 45.6 Å². The minimum absolute atomic E-state index is 0.228. The molecule has 0 radical (unpaired) electrons. The summed E-state index contributed by atoms with van der Waals surface area (Å²) in [4.78, 5) is 11.3. The van der Waals surface area contributed by atoms with E-state index in [0.29, 0.717) is 37.9 Å². The van der Waals surface area contributed by atoms with Crippen molar-refractivity contribution in [3.05, 3.63) is 88.9 Å². The molecule has 0 spiro atoms. The highest BCUT2D eigenvalue weighted by atomic mass is 79.9. The van der Waals surface area contributed by atoms with E-state index in [4.69, 9.17) is 18.9 Å². The number of carbonyl (C=O) groups is 1. The van der Waals surface area contributed by atoms with Gasteiger partial charge in [-0.1, -0.05) is 12.1 Å². The Kier molecular flexibility index (Phi) is 10.7. The maximum Gasteiger partial charge on any atom is 0.185 e. The second-order valence-electron chi connectivity index (χ2n) is 7.89. The molecule has 0 fully saturated rings. The molecule has 1 N–H and O–H groups in total. The predicted molar refractivity (Wildman–Crippen MR) is 157 cm³/mol. The van der Waals surface area contributed by atoms with Crippen molar-refractivity contribution < 1.29 is 28.8 Å². The first kappa shape index (κ1) is 29.7. The molecule has 2 atom stereocenters. The Labute approximate surface area is 249 Å². The summed E-state index contributed by atoms with van der Waals surface area (Å²) in [6.07, 6.45) is -0.937. The molecule has 10 heteroatoms. The van der Waals surface area contributed by atoms with Crippen molar-refractivity contribution in [3.8, 4) is 17.2 Å². The lowest BCUT2D eigenvalue weighted by Crippen LogP contribution is -2.33. The number of aliphatic hydroxyl groups is 1. The number of hydrogen-bond donors (Lipinski definition) is 1. The molecule has 0 aromatic heterocycles. The zero-order valence-corrected chi connectivity index (χ0v) is 26.7. The lowest BCUT2D eigenvalue weighted by molar-refractivity contribution is -0.111. The van der Waals surface area contributed by atoms with E-state index in [9.17, 15) is 9.90 Å². The molecule has 3 aromatic carbocycles. The largest absolute Gasteiger partial charge is 0.497 e. The molecule has 6 nitrogen and oxygen atoms in total. The van der Waals surface area contributed by atoms with Gasteiger partial charge in [0.1, 0.15) is 23.4 Å². The highest BCUT2D eigenvalue weighted by Gasteiger charge is 2.39. The second-order valence-corrected chi connectivity index (χ2v) is 11.3. The van der Waals surface area contributed by atoms with Crippen LogP contribution < -0.4 is 14.2 Å². The van der Waals surface area contributed by atoms with Crippen LogP contribution in [0.25, 0.3) is 5.57 Å². The molecule has 4 rings (SSSR count). The van der Waals surface area contributed by atoms with E-state index in [2.05, 4.69) is 63.7 Å². The zero-order chi connectivity index (χ0) is 27.3. The van der Waals surface area contributed by atoms with Crippen LogP contribution in [-0.2, 0) is 9.53 Å². The molecular weight excluding hydrogens is 740 g/mol. The lowest BCUT2D eigenvalue weighted by atomic mass is 9.88. The summed E-state index contributed by atoms with van der Waals surface area (Å²) in [6.45, 7) is 2.04. The summed E-state index contributed by atoms with van der Waals surface area (Å²) in [5, 5.41) is 10.8. The van der Waals surface area contributed by atoms with Crippen LogP contribution in [0.3, 0.4) is 0 Å². The van der Waals surface area contributed by atoms with Gasteiger partial charge in [-0.3, -0.25) is 4.79 Å². The Morgan fingerprint density at radius 2 is 1.32 bits per heavy atom. The first-order chi connectivity index (χ1) is 17.6. The van der Waals surface area contributed by atoms with Crippen LogP contribution in [0.5, 0.6) is 17.2 Å². The summed E-state index contributed by atoms with van der Waals surface area (Å²) in [7, 11) is 4.81. The van der Waals surface area contributed by atoms with Crippen molar-refractivity contribution in [3.63, 3.8) is 0 Å². The van der Waals surface area contributed by atoms with Crippen LogP contribution in [0.4, 0.5) is 0 Å². The average molecular weight is 764 g/mol. The Morgan fingerprint density at radius 3 is 1.76 bits per heavy atom. The van der Waals surface area contributed by atoms with Crippen molar-refractivity contribution in [1.29, 1.82) is 0 Å². The van der Waals surface area contributed by atoms with Crippen molar-refractivity contribution in [2.24, 2.45) is 0 Å². The number of carbonyl (C=O) groups excluding carboxylic acids is 1. The topological polar surface area (TPSA) is 74.2 Å². The summed E-state index contributed by atoms with van der Waals surface area (Å²) < 4.78 is 24.5. The predicted octanol–water partition coefficient (Wildman–Crippen LogP) is 7.80. The number of aldehydes is 1. The van der Waals surface area contributed by atoms with Crippen molar-refractivity contribution in [2.75, 3.05) is 21.3 Å². The van der Waals surface area contributed by atoms with Crippen LogP contribution in [0.1, 0.15) is 22.8 Å². The summed E-state index contributed by atoms with van der Waals surface area (Å²) >= 11 is 13.7. The van der Waals surface area contributed by atoms with E-state index < -0.39 is 12.2 Å². The number of halogens is 4. The summed E-state index contributed by atoms with van der Waals surface area (Å²) in [5.74, 6) is 2.42. The number of ether oxygens (including phenoxy) is 4.